The van der Waals surface area contributed by atoms with Crippen molar-refractivity contribution in [1.82, 2.24) is 5.32 Å². The van der Waals surface area contributed by atoms with E-state index in [4.69, 9.17) is 0 Å². The number of rotatable bonds is 10. The van der Waals surface area contributed by atoms with Gasteiger partial charge in [-0.15, -0.1) is 0 Å². The van der Waals surface area contributed by atoms with Crippen molar-refractivity contribution < 1.29 is 0 Å². The summed E-state index contributed by atoms with van der Waals surface area (Å²) >= 11 is 0. The molecule has 1 N–H and O–H groups in total. The van der Waals surface area contributed by atoms with Crippen molar-refractivity contribution in [2.24, 2.45) is 0 Å². The molecule has 0 rings (SSSR count). The van der Waals surface area contributed by atoms with Gasteiger partial charge in [-0.3, -0.25) is 0 Å². The molecule has 0 aromatic rings. The molecule has 0 saturated carbocycles. The van der Waals surface area contributed by atoms with Gasteiger partial charge in [-0.25, -0.2) is 0 Å². The first-order valence-electron chi connectivity index (χ1n) is 7.41. The molecule has 0 aromatic carbocycles. The van der Waals surface area contributed by atoms with Crippen LogP contribution in [0.4, 0.5) is 0 Å². The Labute approximate surface area is 108 Å². The summed E-state index contributed by atoms with van der Waals surface area (Å²) < 4.78 is 0. The molecule has 0 amide bonds. The zero-order chi connectivity index (χ0) is 12.9. The Hall–Kier alpha value is -0.720. The first-order valence-corrected chi connectivity index (χ1v) is 7.41. The lowest BCUT2D eigenvalue weighted by molar-refractivity contribution is 0.724. The van der Waals surface area contributed by atoms with E-state index in [1.807, 2.05) is 0 Å². The predicted molar refractivity (Wildman–Crippen MR) is 79.2 cm³/mol. The van der Waals surface area contributed by atoms with E-state index in [-0.39, 0.29) is 0 Å². The maximum Gasteiger partial charge on any atom is 0.0113 e. The molecule has 0 fully saturated rings. The fraction of sp³-hybridized carbons (Fsp3) is 0.750. The van der Waals surface area contributed by atoms with Crippen molar-refractivity contribution >= 4 is 0 Å². The van der Waals surface area contributed by atoms with Crippen molar-refractivity contribution in [3.8, 4) is 0 Å². The number of nitrogens with one attached hydrogen (secondary N) is 1. The van der Waals surface area contributed by atoms with Gasteiger partial charge < -0.3 is 5.32 Å². The van der Waals surface area contributed by atoms with Crippen LogP contribution in [0.2, 0.25) is 0 Å². The topological polar surface area (TPSA) is 12.0 Å². The molecule has 1 nitrogen and oxygen atoms in total. The molecule has 0 unspecified atom stereocenters. The highest BCUT2D eigenvalue weighted by atomic mass is 14.8. The number of hydrogen-bond donors (Lipinski definition) is 1. The standard InChI is InChI=1S/C16H31N/c1-5-9-10-11-13-16(12-6-2)15(7-3)14-17-8-4/h13-14,17H,5-12H2,1-4H3. The number of unbranched alkanes of at least 4 members (excludes halogenated alkanes) is 3. The minimum Gasteiger partial charge on any atom is -0.391 e. The molecular formula is C16H31N. The van der Waals surface area contributed by atoms with Crippen molar-refractivity contribution in [1.29, 1.82) is 0 Å². The minimum absolute atomic E-state index is 1.01. The van der Waals surface area contributed by atoms with Crippen LogP contribution in [0.25, 0.3) is 0 Å². The summed E-state index contributed by atoms with van der Waals surface area (Å²) in [6.45, 7) is 9.94. The van der Waals surface area contributed by atoms with Gasteiger partial charge in [0.05, 0.1) is 0 Å². The summed E-state index contributed by atoms with van der Waals surface area (Å²) in [5.74, 6) is 0. The van der Waals surface area contributed by atoms with E-state index in [0.717, 1.165) is 13.0 Å². The van der Waals surface area contributed by atoms with Gasteiger partial charge in [-0.2, -0.15) is 0 Å². The molecule has 0 radical (unpaired) electrons. The van der Waals surface area contributed by atoms with E-state index in [1.165, 1.54) is 44.1 Å². The third-order valence-corrected chi connectivity index (χ3v) is 2.99. The zero-order valence-corrected chi connectivity index (χ0v) is 12.3. The van der Waals surface area contributed by atoms with Crippen LogP contribution in [0.3, 0.4) is 0 Å². The molecule has 0 spiro atoms. The third-order valence-electron chi connectivity index (χ3n) is 2.99. The number of allylic oxidation sites excluding steroid dienone is 3. The van der Waals surface area contributed by atoms with Crippen molar-refractivity contribution in [3.63, 3.8) is 0 Å². The largest absolute Gasteiger partial charge is 0.391 e. The Kier molecular flexibility index (Phi) is 11.3. The summed E-state index contributed by atoms with van der Waals surface area (Å²) in [5.41, 5.74) is 3.05. The second-order valence-corrected chi connectivity index (χ2v) is 4.56. The molecule has 0 saturated heterocycles. The Morgan fingerprint density at radius 3 is 2.24 bits per heavy atom. The summed E-state index contributed by atoms with van der Waals surface area (Å²) in [4.78, 5) is 0. The van der Waals surface area contributed by atoms with Gasteiger partial charge >= 0.3 is 0 Å². The molecule has 100 valence electrons. The highest BCUT2D eigenvalue weighted by Gasteiger charge is 2.01. The van der Waals surface area contributed by atoms with Gasteiger partial charge in [0, 0.05) is 6.54 Å². The van der Waals surface area contributed by atoms with E-state index in [0.29, 0.717) is 0 Å². The smallest absolute Gasteiger partial charge is 0.0113 e. The molecule has 0 aliphatic rings. The van der Waals surface area contributed by atoms with E-state index in [9.17, 15) is 0 Å². The van der Waals surface area contributed by atoms with Crippen LogP contribution < -0.4 is 5.32 Å². The van der Waals surface area contributed by atoms with Crippen molar-refractivity contribution in [3.05, 3.63) is 23.4 Å². The summed E-state index contributed by atoms with van der Waals surface area (Å²) in [6, 6.07) is 0. The van der Waals surface area contributed by atoms with Gasteiger partial charge in [0.15, 0.2) is 0 Å². The van der Waals surface area contributed by atoms with Crippen LogP contribution in [0.1, 0.15) is 72.6 Å². The van der Waals surface area contributed by atoms with Crippen LogP contribution in [-0.2, 0) is 0 Å². The molecular weight excluding hydrogens is 206 g/mol. The Morgan fingerprint density at radius 2 is 1.71 bits per heavy atom. The van der Waals surface area contributed by atoms with Gasteiger partial charge in [0.1, 0.15) is 0 Å². The highest BCUT2D eigenvalue weighted by Crippen LogP contribution is 2.20. The Morgan fingerprint density at radius 1 is 0.941 bits per heavy atom. The molecule has 0 aromatic heterocycles. The first kappa shape index (κ1) is 16.3. The lowest BCUT2D eigenvalue weighted by Gasteiger charge is -2.10. The van der Waals surface area contributed by atoms with Gasteiger partial charge in [0.2, 0.25) is 0 Å². The molecule has 0 aliphatic carbocycles. The number of hydrogen-bond acceptors (Lipinski definition) is 1. The molecule has 1 heteroatoms. The van der Waals surface area contributed by atoms with Crippen molar-refractivity contribution in [2.75, 3.05) is 6.54 Å². The van der Waals surface area contributed by atoms with Crippen LogP contribution in [-0.4, -0.2) is 6.54 Å². The summed E-state index contributed by atoms with van der Waals surface area (Å²) in [7, 11) is 0. The highest BCUT2D eigenvalue weighted by molar-refractivity contribution is 5.30. The normalized spacial score (nSPS) is 12.9. The lowest BCUT2D eigenvalue weighted by atomic mass is 9.98. The van der Waals surface area contributed by atoms with Gasteiger partial charge in [-0.1, -0.05) is 46.1 Å². The quantitative estimate of drug-likeness (QED) is 0.407. The minimum atomic E-state index is 1.01. The molecule has 17 heavy (non-hydrogen) atoms. The summed E-state index contributed by atoms with van der Waals surface area (Å²) in [6.07, 6.45) is 13.5. The van der Waals surface area contributed by atoms with E-state index < -0.39 is 0 Å². The second kappa shape index (κ2) is 11.8. The molecule has 0 heterocycles. The third kappa shape index (κ3) is 8.06. The fourth-order valence-electron chi connectivity index (χ4n) is 1.98. The van der Waals surface area contributed by atoms with E-state index >= 15 is 0 Å². The maximum atomic E-state index is 3.34. The Bertz CT molecular complexity index is 226. The second-order valence-electron chi connectivity index (χ2n) is 4.56. The monoisotopic (exact) mass is 237 g/mol. The van der Waals surface area contributed by atoms with Gasteiger partial charge in [-0.05, 0) is 50.0 Å². The van der Waals surface area contributed by atoms with Crippen LogP contribution in [0.15, 0.2) is 23.4 Å². The van der Waals surface area contributed by atoms with E-state index in [2.05, 4.69) is 45.3 Å². The molecule has 0 bridgehead atoms. The van der Waals surface area contributed by atoms with Crippen molar-refractivity contribution in [2.45, 2.75) is 72.6 Å². The Balaban J connectivity index is 4.44. The SMILES string of the molecule is CCCCCC=C(CCC)C(=CNCC)CC. The molecule has 0 atom stereocenters. The van der Waals surface area contributed by atoms with Gasteiger partial charge in [0.25, 0.3) is 0 Å². The van der Waals surface area contributed by atoms with E-state index in [1.54, 1.807) is 5.57 Å². The zero-order valence-electron chi connectivity index (χ0n) is 12.3. The first-order chi connectivity index (χ1) is 8.29. The van der Waals surface area contributed by atoms with Crippen LogP contribution in [0, 0.1) is 0 Å². The van der Waals surface area contributed by atoms with Crippen LogP contribution >= 0.6 is 0 Å². The van der Waals surface area contributed by atoms with Crippen LogP contribution in [0.5, 0.6) is 0 Å². The molecule has 0 aliphatic heterocycles. The average Bonchev–Trinajstić information content (AvgIpc) is 2.35. The maximum absolute atomic E-state index is 3.34. The predicted octanol–water partition coefficient (Wildman–Crippen LogP) is 5.20. The lowest BCUT2D eigenvalue weighted by Crippen LogP contribution is -2.05. The average molecular weight is 237 g/mol. The fourth-order valence-corrected chi connectivity index (χ4v) is 1.98. The summed E-state index contributed by atoms with van der Waals surface area (Å²) in [5, 5.41) is 3.34.